The average molecular weight is 183 g/mol. The monoisotopic (exact) mass is 183 g/mol. The van der Waals surface area contributed by atoms with E-state index in [2.05, 4.69) is 5.32 Å². The number of aliphatic carboxylic acids is 1. The summed E-state index contributed by atoms with van der Waals surface area (Å²) >= 11 is 0. The molecule has 0 radical (unpaired) electrons. The SMILES string of the molecule is CC(CC(=O)O)NCc1ccco1. The van der Waals surface area contributed by atoms with Crippen LogP contribution in [0.4, 0.5) is 0 Å². The molecule has 0 saturated heterocycles. The zero-order valence-corrected chi connectivity index (χ0v) is 7.49. The maximum absolute atomic E-state index is 10.3. The minimum absolute atomic E-state index is 0.0393. The topological polar surface area (TPSA) is 62.5 Å². The normalized spacial score (nSPS) is 12.7. The Bertz CT molecular complexity index is 256. The van der Waals surface area contributed by atoms with E-state index in [4.69, 9.17) is 9.52 Å². The maximum atomic E-state index is 10.3. The van der Waals surface area contributed by atoms with Gasteiger partial charge < -0.3 is 14.8 Å². The van der Waals surface area contributed by atoms with Crippen LogP contribution < -0.4 is 5.32 Å². The molecule has 0 aliphatic heterocycles. The number of furan rings is 1. The summed E-state index contributed by atoms with van der Waals surface area (Å²) < 4.78 is 5.08. The first kappa shape index (κ1) is 9.80. The molecular formula is C9H13NO3. The van der Waals surface area contributed by atoms with Crippen molar-refractivity contribution in [3.63, 3.8) is 0 Å². The van der Waals surface area contributed by atoms with Crippen LogP contribution >= 0.6 is 0 Å². The van der Waals surface area contributed by atoms with E-state index in [-0.39, 0.29) is 12.5 Å². The molecule has 0 bridgehead atoms. The summed E-state index contributed by atoms with van der Waals surface area (Å²) in [6, 6.07) is 3.61. The second-order valence-electron chi connectivity index (χ2n) is 2.96. The van der Waals surface area contributed by atoms with Crippen LogP contribution in [0.2, 0.25) is 0 Å². The van der Waals surface area contributed by atoms with Crippen molar-refractivity contribution in [1.82, 2.24) is 5.32 Å². The molecule has 0 aliphatic rings. The highest BCUT2D eigenvalue weighted by Gasteiger charge is 2.06. The molecule has 0 amide bonds. The van der Waals surface area contributed by atoms with Crippen molar-refractivity contribution >= 4 is 5.97 Å². The summed E-state index contributed by atoms with van der Waals surface area (Å²) in [5.41, 5.74) is 0. The van der Waals surface area contributed by atoms with Crippen molar-refractivity contribution < 1.29 is 14.3 Å². The van der Waals surface area contributed by atoms with Gasteiger partial charge in [-0.3, -0.25) is 4.79 Å². The molecule has 4 heteroatoms. The summed E-state index contributed by atoms with van der Waals surface area (Å²) in [5, 5.41) is 11.5. The van der Waals surface area contributed by atoms with E-state index in [0.29, 0.717) is 6.54 Å². The number of hydrogen-bond donors (Lipinski definition) is 2. The molecule has 0 aromatic carbocycles. The Morgan fingerprint density at radius 2 is 2.54 bits per heavy atom. The minimum Gasteiger partial charge on any atom is -0.481 e. The Hall–Kier alpha value is -1.29. The predicted octanol–water partition coefficient (Wildman–Crippen LogP) is 1.23. The van der Waals surface area contributed by atoms with E-state index in [1.807, 2.05) is 13.0 Å². The molecule has 1 heterocycles. The first-order valence-corrected chi connectivity index (χ1v) is 4.16. The molecule has 1 atom stereocenters. The Morgan fingerprint density at radius 1 is 1.77 bits per heavy atom. The van der Waals surface area contributed by atoms with Crippen LogP contribution in [0, 0.1) is 0 Å². The molecular weight excluding hydrogens is 170 g/mol. The lowest BCUT2D eigenvalue weighted by molar-refractivity contribution is -0.137. The van der Waals surface area contributed by atoms with Crippen LogP contribution in [-0.4, -0.2) is 17.1 Å². The lowest BCUT2D eigenvalue weighted by atomic mass is 10.2. The van der Waals surface area contributed by atoms with Crippen molar-refractivity contribution in [3.05, 3.63) is 24.2 Å². The van der Waals surface area contributed by atoms with Gasteiger partial charge in [-0.1, -0.05) is 0 Å². The van der Waals surface area contributed by atoms with Crippen LogP contribution in [0.1, 0.15) is 19.1 Å². The van der Waals surface area contributed by atoms with E-state index in [9.17, 15) is 4.79 Å². The fraction of sp³-hybridized carbons (Fsp3) is 0.444. The largest absolute Gasteiger partial charge is 0.481 e. The van der Waals surface area contributed by atoms with Crippen LogP contribution in [0.25, 0.3) is 0 Å². The number of nitrogens with one attached hydrogen (secondary N) is 1. The Kier molecular flexibility index (Phi) is 3.52. The first-order chi connectivity index (χ1) is 6.18. The second kappa shape index (κ2) is 4.67. The van der Waals surface area contributed by atoms with E-state index < -0.39 is 5.97 Å². The lowest BCUT2D eigenvalue weighted by Gasteiger charge is -2.09. The molecule has 0 saturated carbocycles. The number of carboxylic acids is 1. The van der Waals surface area contributed by atoms with Crippen LogP contribution in [-0.2, 0) is 11.3 Å². The van der Waals surface area contributed by atoms with Gasteiger partial charge >= 0.3 is 5.97 Å². The fourth-order valence-electron chi connectivity index (χ4n) is 1.02. The second-order valence-corrected chi connectivity index (χ2v) is 2.96. The highest BCUT2D eigenvalue weighted by atomic mass is 16.4. The smallest absolute Gasteiger partial charge is 0.304 e. The van der Waals surface area contributed by atoms with Crippen LogP contribution in [0.5, 0.6) is 0 Å². The van der Waals surface area contributed by atoms with E-state index >= 15 is 0 Å². The third kappa shape index (κ3) is 3.75. The molecule has 1 aromatic heterocycles. The zero-order chi connectivity index (χ0) is 9.68. The summed E-state index contributed by atoms with van der Waals surface area (Å²) in [6.07, 6.45) is 1.72. The van der Waals surface area contributed by atoms with Crippen molar-refractivity contribution in [1.29, 1.82) is 0 Å². The third-order valence-electron chi connectivity index (χ3n) is 1.69. The molecule has 0 aliphatic carbocycles. The highest BCUT2D eigenvalue weighted by Crippen LogP contribution is 2.00. The molecule has 0 spiro atoms. The van der Waals surface area contributed by atoms with E-state index in [1.54, 1.807) is 12.3 Å². The Balaban J connectivity index is 2.22. The van der Waals surface area contributed by atoms with Gasteiger partial charge in [-0.05, 0) is 19.1 Å². The first-order valence-electron chi connectivity index (χ1n) is 4.16. The number of hydrogen-bond acceptors (Lipinski definition) is 3. The summed E-state index contributed by atoms with van der Waals surface area (Å²) in [4.78, 5) is 10.3. The van der Waals surface area contributed by atoms with Gasteiger partial charge in [0, 0.05) is 6.04 Å². The number of carbonyl (C=O) groups is 1. The van der Waals surface area contributed by atoms with Crippen molar-refractivity contribution in [3.8, 4) is 0 Å². The molecule has 1 aromatic rings. The minimum atomic E-state index is -0.792. The summed E-state index contributed by atoms with van der Waals surface area (Å²) in [5.74, 6) is 0.0247. The van der Waals surface area contributed by atoms with Crippen molar-refractivity contribution in [2.45, 2.75) is 25.9 Å². The Morgan fingerprint density at radius 3 is 3.08 bits per heavy atom. The van der Waals surface area contributed by atoms with Crippen LogP contribution in [0.15, 0.2) is 22.8 Å². The molecule has 72 valence electrons. The highest BCUT2D eigenvalue weighted by molar-refractivity contribution is 5.67. The molecule has 4 nitrogen and oxygen atoms in total. The standard InChI is InChI=1S/C9H13NO3/c1-7(5-9(11)12)10-6-8-3-2-4-13-8/h2-4,7,10H,5-6H2,1H3,(H,11,12). The van der Waals surface area contributed by atoms with Crippen molar-refractivity contribution in [2.75, 3.05) is 0 Å². The van der Waals surface area contributed by atoms with Gasteiger partial charge in [-0.25, -0.2) is 0 Å². The zero-order valence-electron chi connectivity index (χ0n) is 7.49. The molecule has 0 fully saturated rings. The fourth-order valence-corrected chi connectivity index (χ4v) is 1.02. The van der Waals surface area contributed by atoms with E-state index in [0.717, 1.165) is 5.76 Å². The quantitative estimate of drug-likeness (QED) is 0.720. The van der Waals surface area contributed by atoms with Gasteiger partial charge in [0.15, 0.2) is 0 Å². The number of carboxylic acid groups (broad SMARTS) is 1. The van der Waals surface area contributed by atoms with Gasteiger partial charge in [-0.2, -0.15) is 0 Å². The van der Waals surface area contributed by atoms with E-state index in [1.165, 1.54) is 0 Å². The summed E-state index contributed by atoms with van der Waals surface area (Å²) in [6.45, 7) is 2.40. The number of rotatable bonds is 5. The molecule has 1 rings (SSSR count). The van der Waals surface area contributed by atoms with Gasteiger partial charge in [0.25, 0.3) is 0 Å². The summed E-state index contributed by atoms with van der Waals surface area (Å²) in [7, 11) is 0. The van der Waals surface area contributed by atoms with Gasteiger partial charge in [0.1, 0.15) is 5.76 Å². The molecule has 13 heavy (non-hydrogen) atoms. The van der Waals surface area contributed by atoms with Gasteiger partial charge in [0.05, 0.1) is 19.2 Å². The van der Waals surface area contributed by atoms with Gasteiger partial charge in [0.2, 0.25) is 0 Å². The molecule has 1 unspecified atom stereocenters. The maximum Gasteiger partial charge on any atom is 0.304 e. The Labute approximate surface area is 76.6 Å². The lowest BCUT2D eigenvalue weighted by Crippen LogP contribution is -2.27. The average Bonchev–Trinajstić information content (AvgIpc) is 2.51. The van der Waals surface area contributed by atoms with Crippen LogP contribution in [0.3, 0.4) is 0 Å². The predicted molar refractivity (Wildman–Crippen MR) is 47.3 cm³/mol. The molecule has 2 N–H and O–H groups in total. The van der Waals surface area contributed by atoms with Gasteiger partial charge in [-0.15, -0.1) is 0 Å². The van der Waals surface area contributed by atoms with Crippen molar-refractivity contribution in [2.24, 2.45) is 0 Å². The third-order valence-corrected chi connectivity index (χ3v) is 1.69.